The first-order chi connectivity index (χ1) is 13.6. The highest BCUT2D eigenvalue weighted by molar-refractivity contribution is 5.99. The number of carbonyl (C=O) groups is 2. The lowest BCUT2D eigenvalue weighted by molar-refractivity contribution is -0.116. The topological polar surface area (TPSA) is 76.9 Å². The number of hydrogen-bond donors (Lipinski definition) is 1. The fourth-order valence-corrected chi connectivity index (χ4v) is 2.85. The van der Waals surface area contributed by atoms with E-state index in [2.05, 4.69) is 22.3 Å². The van der Waals surface area contributed by atoms with Crippen molar-refractivity contribution in [1.82, 2.24) is 14.8 Å². The summed E-state index contributed by atoms with van der Waals surface area (Å²) in [6.07, 6.45) is 7.46. The maximum absolute atomic E-state index is 12.2. The second-order valence-electron chi connectivity index (χ2n) is 6.59. The van der Waals surface area contributed by atoms with Crippen LogP contribution in [0.1, 0.15) is 41.3 Å². The summed E-state index contributed by atoms with van der Waals surface area (Å²) in [7, 11) is 0. The van der Waals surface area contributed by atoms with E-state index in [1.54, 1.807) is 23.1 Å². The maximum Gasteiger partial charge on any atom is 0.226 e. The van der Waals surface area contributed by atoms with Gasteiger partial charge in [-0.1, -0.05) is 31.2 Å². The van der Waals surface area contributed by atoms with Gasteiger partial charge in [-0.25, -0.2) is 0 Å². The highest BCUT2D eigenvalue weighted by atomic mass is 16.2. The van der Waals surface area contributed by atoms with Gasteiger partial charge in [0.1, 0.15) is 0 Å². The van der Waals surface area contributed by atoms with Gasteiger partial charge in [-0.2, -0.15) is 5.10 Å². The molecule has 0 fully saturated rings. The molecule has 144 valence electrons. The third kappa shape index (κ3) is 5.61. The predicted octanol–water partition coefficient (Wildman–Crippen LogP) is 3.68. The monoisotopic (exact) mass is 376 g/mol. The van der Waals surface area contributed by atoms with Gasteiger partial charge in [-0.05, 0) is 36.1 Å². The van der Waals surface area contributed by atoms with Crippen LogP contribution in [0.3, 0.4) is 0 Å². The Labute approximate surface area is 164 Å². The van der Waals surface area contributed by atoms with Gasteiger partial charge in [0, 0.05) is 49.6 Å². The number of rotatable bonds is 9. The molecule has 0 aliphatic rings. The molecule has 0 radical (unpaired) electrons. The number of benzene rings is 1. The standard InChI is InChI=1S/C22H24N4O2/c1-2-17-3-5-19(6-4-17)20(27)7-8-22(28)24-21-12-16-26(25-21)15-11-18-9-13-23-14-10-18/h3-6,9-10,12-14,16H,2,7-8,11,15H2,1H3,(H,24,25,28). The molecule has 3 rings (SSSR count). The van der Waals surface area contributed by atoms with Crippen molar-refractivity contribution in [2.75, 3.05) is 5.32 Å². The third-order valence-corrected chi connectivity index (χ3v) is 4.55. The van der Waals surface area contributed by atoms with E-state index in [0.717, 1.165) is 12.8 Å². The van der Waals surface area contributed by atoms with Crippen LogP contribution in [0.15, 0.2) is 61.1 Å². The van der Waals surface area contributed by atoms with Crippen molar-refractivity contribution in [3.8, 4) is 0 Å². The Balaban J connectivity index is 1.44. The Morgan fingerprint density at radius 3 is 2.43 bits per heavy atom. The number of ketones is 1. The van der Waals surface area contributed by atoms with Gasteiger partial charge in [0.25, 0.3) is 0 Å². The van der Waals surface area contributed by atoms with Crippen LogP contribution < -0.4 is 5.32 Å². The van der Waals surface area contributed by atoms with Crippen molar-refractivity contribution in [3.63, 3.8) is 0 Å². The van der Waals surface area contributed by atoms with Crippen LogP contribution in [0, 0.1) is 0 Å². The van der Waals surface area contributed by atoms with Crippen molar-refractivity contribution in [2.45, 2.75) is 39.2 Å². The van der Waals surface area contributed by atoms with Crippen molar-refractivity contribution in [2.24, 2.45) is 0 Å². The summed E-state index contributed by atoms with van der Waals surface area (Å²) in [5, 5.41) is 7.11. The van der Waals surface area contributed by atoms with E-state index in [-0.39, 0.29) is 24.5 Å². The summed E-state index contributed by atoms with van der Waals surface area (Å²) in [4.78, 5) is 28.3. The molecular formula is C22H24N4O2. The van der Waals surface area contributed by atoms with Crippen molar-refractivity contribution >= 4 is 17.5 Å². The van der Waals surface area contributed by atoms with E-state index in [1.807, 2.05) is 42.6 Å². The molecule has 0 aliphatic carbocycles. The zero-order valence-corrected chi connectivity index (χ0v) is 16.0. The molecule has 0 aliphatic heterocycles. The minimum absolute atomic E-state index is 0.0271. The highest BCUT2D eigenvalue weighted by Crippen LogP contribution is 2.10. The minimum atomic E-state index is -0.210. The zero-order chi connectivity index (χ0) is 19.8. The number of nitrogens with one attached hydrogen (secondary N) is 1. The number of aryl methyl sites for hydroxylation is 3. The van der Waals surface area contributed by atoms with Crippen molar-refractivity contribution < 1.29 is 9.59 Å². The molecule has 28 heavy (non-hydrogen) atoms. The first kappa shape index (κ1) is 19.5. The largest absolute Gasteiger partial charge is 0.309 e. The zero-order valence-electron chi connectivity index (χ0n) is 16.0. The van der Waals surface area contributed by atoms with E-state index < -0.39 is 0 Å². The summed E-state index contributed by atoms with van der Waals surface area (Å²) < 4.78 is 1.79. The van der Waals surface area contributed by atoms with E-state index >= 15 is 0 Å². The van der Waals surface area contributed by atoms with Gasteiger partial charge in [0.15, 0.2) is 11.6 Å². The first-order valence-electron chi connectivity index (χ1n) is 9.48. The fraction of sp³-hybridized carbons (Fsp3) is 0.273. The fourth-order valence-electron chi connectivity index (χ4n) is 2.85. The van der Waals surface area contributed by atoms with Gasteiger partial charge < -0.3 is 5.32 Å². The average molecular weight is 376 g/mol. The summed E-state index contributed by atoms with van der Waals surface area (Å²) in [6, 6.07) is 13.2. The lowest BCUT2D eigenvalue weighted by atomic mass is 10.0. The number of nitrogens with zero attached hydrogens (tertiary/aromatic N) is 3. The quantitative estimate of drug-likeness (QED) is 0.578. The number of Topliss-reactive ketones (excluding diaryl/α,β-unsaturated/α-hetero) is 1. The van der Waals surface area contributed by atoms with Crippen LogP contribution in [-0.2, 0) is 24.2 Å². The second kappa shape index (κ2) is 9.60. The number of anilines is 1. The summed E-state index contributed by atoms with van der Waals surface area (Å²) in [5.41, 5.74) is 3.01. The first-order valence-corrected chi connectivity index (χ1v) is 9.48. The van der Waals surface area contributed by atoms with Crippen LogP contribution in [0.5, 0.6) is 0 Å². The van der Waals surface area contributed by atoms with E-state index in [9.17, 15) is 9.59 Å². The summed E-state index contributed by atoms with van der Waals surface area (Å²) >= 11 is 0. The average Bonchev–Trinajstić information content (AvgIpc) is 3.18. The number of carbonyl (C=O) groups excluding carboxylic acids is 2. The Kier molecular flexibility index (Phi) is 6.68. The SMILES string of the molecule is CCc1ccc(C(=O)CCC(=O)Nc2ccn(CCc3ccncc3)n2)cc1. The Morgan fingerprint density at radius 2 is 1.71 bits per heavy atom. The predicted molar refractivity (Wildman–Crippen MR) is 108 cm³/mol. The smallest absolute Gasteiger partial charge is 0.226 e. The normalized spacial score (nSPS) is 10.6. The molecule has 1 amide bonds. The lowest BCUT2D eigenvalue weighted by Crippen LogP contribution is -2.14. The summed E-state index contributed by atoms with van der Waals surface area (Å²) in [6.45, 7) is 2.79. The second-order valence-corrected chi connectivity index (χ2v) is 6.59. The molecule has 0 atom stereocenters. The van der Waals surface area contributed by atoms with E-state index in [1.165, 1.54) is 11.1 Å². The van der Waals surface area contributed by atoms with Crippen LogP contribution in [0.25, 0.3) is 0 Å². The molecule has 2 heterocycles. The van der Waals surface area contributed by atoms with Crippen molar-refractivity contribution in [3.05, 3.63) is 77.7 Å². The number of hydrogen-bond acceptors (Lipinski definition) is 4. The molecule has 2 aromatic heterocycles. The van der Waals surface area contributed by atoms with Gasteiger partial charge >= 0.3 is 0 Å². The number of amides is 1. The van der Waals surface area contributed by atoms with Gasteiger partial charge in [0.2, 0.25) is 5.91 Å². The summed E-state index contributed by atoms with van der Waals surface area (Å²) in [5.74, 6) is 0.262. The minimum Gasteiger partial charge on any atom is -0.309 e. The van der Waals surface area contributed by atoms with Gasteiger partial charge in [0.05, 0.1) is 0 Å². The van der Waals surface area contributed by atoms with Gasteiger partial charge in [-0.3, -0.25) is 19.3 Å². The van der Waals surface area contributed by atoms with Crippen LogP contribution in [0.4, 0.5) is 5.82 Å². The van der Waals surface area contributed by atoms with Crippen LogP contribution in [-0.4, -0.2) is 26.5 Å². The highest BCUT2D eigenvalue weighted by Gasteiger charge is 2.11. The number of aromatic nitrogens is 3. The van der Waals surface area contributed by atoms with Gasteiger partial charge in [-0.15, -0.1) is 0 Å². The molecule has 0 unspecified atom stereocenters. The van der Waals surface area contributed by atoms with E-state index in [4.69, 9.17) is 0 Å². The molecular weight excluding hydrogens is 352 g/mol. The van der Waals surface area contributed by atoms with Crippen LogP contribution in [0.2, 0.25) is 0 Å². The van der Waals surface area contributed by atoms with E-state index in [0.29, 0.717) is 17.9 Å². The molecule has 0 saturated carbocycles. The Hall–Kier alpha value is -3.28. The molecule has 0 saturated heterocycles. The van der Waals surface area contributed by atoms with Crippen molar-refractivity contribution in [1.29, 1.82) is 0 Å². The van der Waals surface area contributed by atoms with Crippen LogP contribution >= 0.6 is 0 Å². The Morgan fingerprint density at radius 1 is 0.964 bits per heavy atom. The molecule has 1 aromatic carbocycles. The molecule has 1 N–H and O–H groups in total. The lowest BCUT2D eigenvalue weighted by Gasteiger charge is -2.04. The number of pyridine rings is 1. The molecule has 0 bridgehead atoms. The Bertz CT molecular complexity index is 917. The molecule has 6 heteroatoms. The maximum atomic E-state index is 12.2. The third-order valence-electron chi connectivity index (χ3n) is 4.55. The molecule has 6 nitrogen and oxygen atoms in total. The molecule has 3 aromatic rings. The molecule has 0 spiro atoms.